The Balaban J connectivity index is 1.88. The number of benzene rings is 1. The highest BCUT2D eigenvalue weighted by atomic mass is 19.4. The molecule has 0 bridgehead atoms. The van der Waals surface area contributed by atoms with Crippen molar-refractivity contribution in [3.63, 3.8) is 0 Å². The molecule has 0 radical (unpaired) electrons. The average molecular weight is 347 g/mol. The topological polar surface area (TPSA) is 72.7 Å². The third-order valence-corrected chi connectivity index (χ3v) is 3.32. The van der Waals surface area contributed by atoms with Gasteiger partial charge in [-0.2, -0.15) is 18.2 Å². The minimum Gasteiger partial charge on any atom is -0.289 e. The highest BCUT2D eigenvalue weighted by Gasteiger charge is 2.37. The van der Waals surface area contributed by atoms with Crippen molar-refractivity contribution in [2.75, 3.05) is 5.32 Å². The molecule has 6 nitrogen and oxygen atoms in total. The molecule has 0 aliphatic heterocycles. The number of aromatic nitrogens is 4. The summed E-state index contributed by atoms with van der Waals surface area (Å²) in [5.74, 6) is -0.599. The smallest absolute Gasteiger partial charge is 0.289 e. The Bertz CT molecular complexity index is 906. The number of nitrogens with zero attached hydrogens (tertiary/aromatic N) is 4. The molecule has 0 aliphatic rings. The lowest BCUT2D eigenvalue weighted by Crippen LogP contribution is -2.20. The first-order chi connectivity index (χ1) is 11.9. The van der Waals surface area contributed by atoms with E-state index in [4.69, 9.17) is 0 Å². The lowest BCUT2D eigenvalue weighted by atomic mass is 10.2. The van der Waals surface area contributed by atoms with E-state index < -0.39 is 23.3 Å². The number of halogens is 3. The lowest BCUT2D eigenvalue weighted by Gasteiger charge is -2.10. The molecule has 1 aromatic carbocycles. The van der Waals surface area contributed by atoms with E-state index in [1.807, 2.05) is 6.07 Å². The summed E-state index contributed by atoms with van der Waals surface area (Å²) in [4.78, 5) is 19.5. The average Bonchev–Trinajstić information content (AvgIpc) is 2.95. The number of rotatable bonds is 3. The number of nitrogens with one attached hydrogen (secondary N) is 1. The van der Waals surface area contributed by atoms with Crippen LogP contribution in [0, 0.1) is 6.92 Å². The van der Waals surface area contributed by atoms with Crippen LogP contribution in [-0.2, 0) is 6.18 Å². The maximum Gasteiger partial charge on any atom is 0.434 e. The number of para-hydroxylation sites is 1. The minimum absolute atomic E-state index is 0.0941. The van der Waals surface area contributed by atoms with Crippen molar-refractivity contribution in [2.24, 2.45) is 0 Å². The fourth-order valence-electron chi connectivity index (χ4n) is 2.24. The standard InChI is InChI=1S/C16H12F3N5O/c1-10-21-15(23-24(10)11-6-3-2-4-7-11)22-14(25)12-8-5-9-20-13(12)16(17,18)19/h2-9H,1H3,(H,22,23,25). The van der Waals surface area contributed by atoms with E-state index in [-0.39, 0.29) is 5.95 Å². The second-order valence-corrected chi connectivity index (χ2v) is 5.08. The van der Waals surface area contributed by atoms with Crippen molar-refractivity contribution in [3.05, 3.63) is 65.7 Å². The molecular formula is C16H12F3N5O. The van der Waals surface area contributed by atoms with Crippen LogP contribution >= 0.6 is 0 Å². The van der Waals surface area contributed by atoms with Gasteiger partial charge in [0.1, 0.15) is 5.82 Å². The fourth-order valence-corrected chi connectivity index (χ4v) is 2.24. The van der Waals surface area contributed by atoms with Gasteiger partial charge in [-0.25, -0.2) is 4.68 Å². The van der Waals surface area contributed by atoms with Crippen LogP contribution in [0.2, 0.25) is 0 Å². The van der Waals surface area contributed by atoms with Crippen LogP contribution in [0.3, 0.4) is 0 Å². The van der Waals surface area contributed by atoms with Crippen LogP contribution in [0.25, 0.3) is 5.69 Å². The van der Waals surface area contributed by atoms with Gasteiger partial charge >= 0.3 is 6.18 Å². The Morgan fingerprint density at radius 3 is 2.52 bits per heavy atom. The number of alkyl halides is 3. The van der Waals surface area contributed by atoms with Crippen molar-refractivity contribution in [2.45, 2.75) is 13.1 Å². The van der Waals surface area contributed by atoms with Gasteiger partial charge in [-0.05, 0) is 31.2 Å². The summed E-state index contributed by atoms with van der Waals surface area (Å²) in [6.07, 6.45) is -3.76. The molecule has 25 heavy (non-hydrogen) atoms. The zero-order chi connectivity index (χ0) is 18.0. The molecule has 128 valence electrons. The third kappa shape index (κ3) is 3.49. The van der Waals surface area contributed by atoms with Crippen LogP contribution < -0.4 is 5.32 Å². The molecule has 0 aliphatic carbocycles. The Morgan fingerprint density at radius 2 is 1.84 bits per heavy atom. The number of carbonyl (C=O) groups excluding carboxylic acids is 1. The minimum atomic E-state index is -4.74. The third-order valence-electron chi connectivity index (χ3n) is 3.32. The van der Waals surface area contributed by atoms with Crippen molar-refractivity contribution < 1.29 is 18.0 Å². The van der Waals surface area contributed by atoms with Gasteiger partial charge in [0, 0.05) is 6.20 Å². The molecule has 2 aromatic heterocycles. The predicted molar refractivity (Wildman–Crippen MR) is 83.3 cm³/mol. The fraction of sp³-hybridized carbons (Fsp3) is 0.125. The maximum absolute atomic E-state index is 13.0. The molecule has 0 spiro atoms. The zero-order valence-corrected chi connectivity index (χ0v) is 12.9. The molecule has 3 rings (SSSR count). The van der Waals surface area contributed by atoms with E-state index in [0.29, 0.717) is 11.5 Å². The van der Waals surface area contributed by atoms with Crippen molar-refractivity contribution in [1.82, 2.24) is 19.7 Å². The number of aryl methyl sites for hydroxylation is 1. The molecule has 0 fully saturated rings. The van der Waals surface area contributed by atoms with Crippen LogP contribution in [0.15, 0.2) is 48.7 Å². The van der Waals surface area contributed by atoms with Crippen LogP contribution in [0.5, 0.6) is 0 Å². The first-order valence-electron chi connectivity index (χ1n) is 7.19. The maximum atomic E-state index is 13.0. The van der Waals surface area contributed by atoms with Gasteiger partial charge in [-0.15, -0.1) is 5.10 Å². The second-order valence-electron chi connectivity index (χ2n) is 5.08. The summed E-state index contributed by atoms with van der Waals surface area (Å²) in [7, 11) is 0. The first-order valence-corrected chi connectivity index (χ1v) is 7.19. The number of carbonyl (C=O) groups is 1. The summed E-state index contributed by atoms with van der Waals surface area (Å²) in [6, 6.07) is 11.3. The Morgan fingerprint density at radius 1 is 1.12 bits per heavy atom. The highest BCUT2D eigenvalue weighted by Crippen LogP contribution is 2.30. The van der Waals surface area contributed by atoms with E-state index in [1.54, 1.807) is 31.2 Å². The predicted octanol–water partition coefficient (Wildman–Crippen LogP) is 3.24. The molecular weight excluding hydrogens is 335 g/mol. The molecule has 0 unspecified atom stereocenters. The summed E-state index contributed by atoms with van der Waals surface area (Å²) >= 11 is 0. The Hall–Kier alpha value is -3.23. The Kier molecular flexibility index (Phi) is 4.22. The van der Waals surface area contributed by atoms with Crippen LogP contribution in [-0.4, -0.2) is 25.7 Å². The highest BCUT2D eigenvalue weighted by molar-refractivity contribution is 6.04. The van der Waals surface area contributed by atoms with Gasteiger partial charge in [-0.3, -0.25) is 15.1 Å². The van der Waals surface area contributed by atoms with E-state index in [1.165, 1.54) is 10.7 Å². The van der Waals surface area contributed by atoms with E-state index in [9.17, 15) is 18.0 Å². The second kappa shape index (κ2) is 6.34. The first kappa shape index (κ1) is 16.6. The summed E-state index contributed by atoms with van der Waals surface area (Å²) in [6.45, 7) is 1.67. The molecule has 2 heterocycles. The number of anilines is 1. The molecule has 0 saturated heterocycles. The summed E-state index contributed by atoms with van der Waals surface area (Å²) in [5, 5.41) is 6.39. The molecule has 1 N–H and O–H groups in total. The van der Waals surface area contributed by atoms with Gasteiger partial charge in [0.15, 0.2) is 5.69 Å². The lowest BCUT2D eigenvalue weighted by molar-refractivity contribution is -0.141. The van der Waals surface area contributed by atoms with Crippen molar-refractivity contribution >= 4 is 11.9 Å². The van der Waals surface area contributed by atoms with Crippen molar-refractivity contribution in [1.29, 1.82) is 0 Å². The van der Waals surface area contributed by atoms with E-state index in [2.05, 4.69) is 20.4 Å². The molecule has 9 heteroatoms. The Labute approximate surface area is 140 Å². The number of amides is 1. The van der Waals surface area contributed by atoms with Gasteiger partial charge in [0.25, 0.3) is 5.91 Å². The zero-order valence-electron chi connectivity index (χ0n) is 12.9. The molecule has 0 saturated carbocycles. The number of hydrogen-bond donors (Lipinski definition) is 1. The summed E-state index contributed by atoms with van der Waals surface area (Å²) in [5.41, 5.74) is -1.14. The number of hydrogen-bond acceptors (Lipinski definition) is 4. The SMILES string of the molecule is Cc1nc(NC(=O)c2cccnc2C(F)(F)F)nn1-c1ccccc1. The molecule has 3 aromatic rings. The van der Waals surface area contributed by atoms with Gasteiger partial charge < -0.3 is 0 Å². The van der Waals surface area contributed by atoms with E-state index >= 15 is 0 Å². The largest absolute Gasteiger partial charge is 0.434 e. The number of pyridine rings is 1. The van der Waals surface area contributed by atoms with Crippen molar-refractivity contribution in [3.8, 4) is 5.69 Å². The van der Waals surface area contributed by atoms with E-state index in [0.717, 1.165) is 12.3 Å². The van der Waals surface area contributed by atoms with Gasteiger partial charge in [0.05, 0.1) is 11.3 Å². The van der Waals surface area contributed by atoms with Gasteiger partial charge in [-0.1, -0.05) is 18.2 Å². The summed E-state index contributed by atoms with van der Waals surface area (Å²) < 4.78 is 40.4. The van der Waals surface area contributed by atoms with Gasteiger partial charge in [0.2, 0.25) is 5.95 Å². The normalized spacial score (nSPS) is 11.4. The molecule has 1 amide bonds. The van der Waals surface area contributed by atoms with Crippen LogP contribution in [0.1, 0.15) is 21.9 Å². The van der Waals surface area contributed by atoms with Crippen LogP contribution in [0.4, 0.5) is 19.1 Å². The molecule has 0 atom stereocenters. The monoisotopic (exact) mass is 347 g/mol. The quantitative estimate of drug-likeness (QED) is 0.789.